The molecule has 1 aliphatic rings. The summed E-state index contributed by atoms with van der Waals surface area (Å²) in [6.45, 7) is 4.52. The number of carbonyl (C=O) groups is 1. The number of anilines is 1. The van der Waals surface area contributed by atoms with E-state index in [0.717, 1.165) is 35.8 Å². The number of amides is 1. The Bertz CT molecular complexity index is 706. The van der Waals surface area contributed by atoms with E-state index in [9.17, 15) is 4.79 Å². The van der Waals surface area contributed by atoms with Gasteiger partial charge in [-0.3, -0.25) is 10.1 Å². The molecule has 1 N–H and O–H groups in total. The van der Waals surface area contributed by atoms with Crippen LogP contribution in [0.2, 0.25) is 0 Å². The highest BCUT2D eigenvalue weighted by atomic mass is 32.1. The molecule has 1 unspecified atom stereocenters. The first kappa shape index (κ1) is 16.9. The van der Waals surface area contributed by atoms with Crippen LogP contribution in [0, 0.1) is 0 Å². The minimum Gasteiger partial charge on any atom is -0.497 e. The van der Waals surface area contributed by atoms with E-state index in [2.05, 4.69) is 15.5 Å². The Morgan fingerprint density at radius 1 is 1.33 bits per heavy atom. The lowest BCUT2D eigenvalue weighted by Gasteiger charge is -2.23. The number of nitrogens with zero attached hydrogens (tertiary/aromatic N) is 2. The molecular formula is C17H21N3O3S. The minimum atomic E-state index is -0.692. The van der Waals surface area contributed by atoms with Crippen LogP contribution in [-0.2, 0) is 14.9 Å². The van der Waals surface area contributed by atoms with Crippen LogP contribution in [0.5, 0.6) is 5.75 Å². The molecule has 1 saturated heterocycles. The molecule has 7 heteroatoms. The van der Waals surface area contributed by atoms with Gasteiger partial charge in [-0.2, -0.15) is 0 Å². The van der Waals surface area contributed by atoms with Crippen LogP contribution in [0.15, 0.2) is 24.3 Å². The fourth-order valence-electron chi connectivity index (χ4n) is 2.58. The highest BCUT2D eigenvalue weighted by molar-refractivity contribution is 7.15. The van der Waals surface area contributed by atoms with Crippen molar-refractivity contribution in [2.24, 2.45) is 0 Å². The summed E-state index contributed by atoms with van der Waals surface area (Å²) in [6.07, 6.45) is 2.01. The average Bonchev–Trinajstić information content (AvgIpc) is 3.26. The molecule has 24 heavy (non-hydrogen) atoms. The number of hydrogen-bond donors (Lipinski definition) is 1. The molecule has 0 spiro atoms. The maximum Gasteiger partial charge on any atom is 0.236 e. The number of methoxy groups -OCH3 is 1. The molecule has 2 aromatic rings. The van der Waals surface area contributed by atoms with Crippen LogP contribution in [0.4, 0.5) is 5.13 Å². The molecule has 1 fully saturated rings. The normalized spacial score (nSPS) is 17.7. The molecular weight excluding hydrogens is 326 g/mol. The highest BCUT2D eigenvalue weighted by Crippen LogP contribution is 2.33. The molecule has 0 radical (unpaired) electrons. The average molecular weight is 347 g/mol. The van der Waals surface area contributed by atoms with Gasteiger partial charge in [0.2, 0.25) is 11.0 Å². The summed E-state index contributed by atoms with van der Waals surface area (Å²) in [6, 6.07) is 7.50. The maximum atomic E-state index is 12.7. The first-order chi connectivity index (χ1) is 11.5. The van der Waals surface area contributed by atoms with Crippen LogP contribution >= 0.6 is 11.3 Å². The van der Waals surface area contributed by atoms with Gasteiger partial charge in [-0.15, -0.1) is 10.2 Å². The van der Waals surface area contributed by atoms with Crippen molar-refractivity contribution < 1.29 is 14.3 Å². The molecule has 0 saturated carbocycles. The molecule has 128 valence electrons. The Kier molecular flexibility index (Phi) is 4.82. The maximum absolute atomic E-state index is 12.7. The van der Waals surface area contributed by atoms with Gasteiger partial charge < -0.3 is 9.47 Å². The monoisotopic (exact) mass is 347 g/mol. The lowest BCUT2D eigenvalue weighted by molar-refractivity contribution is -0.120. The highest BCUT2D eigenvalue weighted by Gasteiger charge is 2.31. The van der Waals surface area contributed by atoms with E-state index >= 15 is 0 Å². The van der Waals surface area contributed by atoms with Gasteiger partial charge in [0.05, 0.1) is 12.5 Å². The summed E-state index contributed by atoms with van der Waals surface area (Å²) in [4.78, 5) is 12.7. The third-order valence-electron chi connectivity index (χ3n) is 4.25. The van der Waals surface area contributed by atoms with Crippen molar-refractivity contribution in [3.05, 3.63) is 34.8 Å². The second-order valence-corrected chi connectivity index (χ2v) is 7.26. The largest absolute Gasteiger partial charge is 0.497 e. The van der Waals surface area contributed by atoms with E-state index in [-0.39, 0.29) is 12.0 Å². The Morgan fingerprint density at radius 3 is 2.71 bits per heavy atom. The number of nitrogens with one attached hydrogen (secondary N) is 1. The lowest BCUT2D eigenvalue weighted by Crippen LogP contribution is -2.34. The van der Waals surface area contributed by atoms with Crippen LogP contribution in [0.1, 0.15) is 43.4 Å². The number of benzene rings is 1. The Hall–Kier alpha value is -1.99. The molecule has 1 aliphatic heterocycles. The van der Waals surface area contributed by atoms with Crippen molar-refractivity contribution >= 4 is 22.4 Å². The van der Waals surface area contributed by atoms with E-state index in [4.69, 9.17) is 9.47 Å². The number of aromatic nitrogens is 2. The SMILES string of the molecule is COc1ccc(C(C)(C)C(=O)Nc2nnc(C3CCCO3)s2)cc1. The van der Waals surface area contributed by atoms with Gasteiger partial charge in [0.1, 0.15) is 16.9 Å². The number of rotatable bonds is 5. The summed E-state index contributed by atoms with van der Waals surface area (Å²) in [5.74, 6) is 0.642. The van der Waals surface area contributed by atoms with Gasteiger partial charge in [-0.1, -0.05) is 23.5 Å². The van der Waals surface area contributed by atoms with Crippen LogP contribution in [0.3, 0.4) is 0 Å². The van der Waals surface area contributed by atoms with Crippen LogP contribution in [-0.4, -0.2) is 29.8 Å². The summed E-state index contributed by atoms with van der Waals surface area (Å²) in [5.41, 5.74) is 0.215. The predicted molar refractivity (Wildman–Crippen MR) is 92.5 cm³/mol. The first-order valence-corrected chi connectivity index (χ1v) is 8.73. The molecule has 0 bridgehead atoms. The zero-order valence-electron chi connectivity index (χ0n) is 14.0. The van der Waals surface area contributed by atoms with Crippen molar-refractivity contribution in [3.8, 4) is 5.75 Å². The molecule has 2 heterocycles. The van der Waals surface area contributed by atoms with E-state index in [1.807, 2.05) is 38.1 Å². The van der Waals surface area contributed by atoms with Crippen molar-refractivity contribution in [1.29, 1.82) is 0 Å². The summed E-state index contributed by atoms with van der Waals surface area (Å²) in [7, 11) is 1.62. The molecule has 0 aliphatic carbocycles. The van der Waals surface area contributed by atoms with Gasteiger partial charge >= 0.3 is 0 Å². The standard InChI is InChI=1S/C17H21N3O3S/c1-17(2,11-6-8-12(22-3)9-7-11)15(21)18-16-20-19-14(24-16)13-5-4-10-23-13/h6-9,13H,4-5,10H2,1-3H3,(H,18,20,21). The molecule has 3 rings (SSSR count). The van der Waals surface area contributed by atoms with Crippen LogP contribution < -0.4 is 10.1 Å². The van der Waals surface area contributed by atoms with Crippen molar-refractivity contribution in [2.75, 3.05) is 19.0 Å². The van der Waals surface area contributed by atoms with Gasteiger partial charge in [0.25, 0.3) is 0 Å². The second kappa shape index (κ2) is 6.86. The number of ether oxygens (including phenoxy) is 2. The minimum absolute atomic E-state index is 0.0164. The van der Waals surface area contributed by atoms with Gasteiger partial charge in [-0.25, -0.2) is 0 Å². The topological polar surface area (TPSA) is 73.3 Å². The fourth-order valence-corrected chi connectivity index (χ4v) is 3.40. The fraction of sp³-hybridized carbons (Fsp3) is 0.471. The van der Waals surface area contributed by atoms with E-state index in [0.29, 0.717) is 5.13 Å². The quantitative estimate of drug-likeness (QED) is 0.898. The lowest BCUT2D eigenvalue weighted by atomic mass is 9.84. The van der Waals surface area contributed by atoms with E-state index < -0.39 is 5.41 Å². The number of carbonyl (C=O) groups excluding carboxylic acids is 1. The first-order valence-electron chi connectivity index (χ1n) is 7.91. The zero-order chi connectivity index (χ0) is 17.2. The van der Waals surface area contributed by atoms with Crippen molar-refractivity contribution in [2.45, 2.75) is 38.2 Å². The second-order valence-electron chi connectivity index (χ2n) is 6.25. The summed E-state index contributed by atoms with van der Waals surface area (Å²) in [5, 5.41) is 12.4. The van der Waals surface area contributed by atoms with Crippen molar-refractivity contribution in [3.63, 3.8) is 0 Å². The predicted octanol–water partition coefficient (Wildman–Crippen LogP) is 3.31. The molecule has 1 amide bonds. The summed E-state index contributed by atoms with van der Waals surface area (Å²) >= 11 is 1.38. The molecule has 6 nitrogen and oxygen atoms in total. The van der Waals surface area contributed by atoms with Gasteiger partial charge in [-0.05, 0) is 44.4 Å². The Morgan fingerprint density at radius 2 is 2.08 bits per heavy atom. The zero-order valence-corrected chi connectivity index (χ0v) is 14.9. The van der Waals surface area contributed by atoms with E-state index in [1.165, 1.54) is 11.3 Å². The Labute approximate surface area is 145 Å². The van der Waals surface area contributed by atoms with Crippen molar-refractivity contribution in [1.82, 2.24) is 10.2 Å². The van der Waals surface area contributed by atoms with Gasteiger partial charge in [0.15, 0.2) is 0 Å². The van der Waals surface area contributed by atoms with Crippen LogP contribution in [0.25, 0.3) is 0 Å². The molecule has 1 aromatic heterocycles. The Balaban J connectivity index is 1.70. The van der Waals surface area contributed by atoms with Gasteiger partial charge in [0, 0.05) is 6.61 Å². The smallest absolute Gasteiger partial charge is 0.236 e. The third kappa shape index (κ3) is 3.42. The summed E-state index contributed by atoms with van der Waals surface area (Å²) < 4.78 is 10.8. The third-order valence-corrected chi connectivity index (χ3v) is 5.18. The van der Waals surface area contributed by atoms with E-state index in [1.54, 1.807) is 7.11 Å². The molecule has 1 atom stereocenters. The molecule has 1 aromatic carbocycles. The number of hydrogen-bond acceptors (Lipinski definition) is 6.